The summed E-state index contributed by atoms with van der Waals surface area (Å²) < 4.78 is 0. The van der Waals surface area contributed by atoms with Crippen LogP contribution in [0.3, 0.4) is 0 Å². The van der Waals surface area contributed by atoms with E-state index in [1.165, 1.54) is 25.7 Å². The van der Waals surface area contributed by atoms with Gasteiger partial charge in [-0.2, -0.15) is 0 Å². The minimum absolute atomic E-state index is 0.696. The molecule has 0 spiro atoms. The Balaban J connectivity index is 2.18. The van der Waals surface area contributed by atoms with E-state index >= 15 is 0 Å². The SMILES string of the molecule is CC1C2=C(CCCC2)c2ccccc21. The van der Waals surface area contributed by atoms with Crippen LogP contribution < -0.4 is 0 Å². The minimum Gasteiger partial charge on any atom is -0.0619 e. The molecule has 0 aliphatic heterocycles. The molecule has 0 saturated carbocycles. The van der Waals surface area contributed by atoms with Crippen molar-refractivity contribution in [2.24, 2.45) is 0 Å². The van der Waals surface area contributed by atoms with Gasteiger partial charge in [0.1, 0.15) is 0 Å². The smallest absolute Gasteiger partial charge is 0.00318 e. The Morgan fingerprint density at radius 1 is 1.07 bits per heavy atom. The number of hydrogen-bond acceptors (Lipinski definition) is 0. The number of allylic oxidation sites excluding steroid dienone is 2. The van der Waals surface area contributed by atoms with Crippen molar-refractivity contribution in [3.05, 3.63) is 41.0 Å². The van der Waals surface area contributed by atoms with Gasteiger partial charge in [-0.3, -0.25) is 0 Å². The Labute approximate surface area is 85.6 Å². The molecule has 0 fully saturated rings. The van der Waals surface area contributed by atoms with E-state index in [-0.39, 0.29) is 0 Å². The van der Waals surface area contributed by atoms with Crippen LogP contribution in [-0.2, 0) is 0 Å². The average Bonchev–Trinajstić information content (AvgIpc) is 2.55. The maximum atomic E-state index is 2.37. The fourth-order valence-corrected chi connectivity index (χ4v) is 3.05. The van der Waals surface area contributed by atoms with Crippen LogP contribution in [0.15, 0.2) is 29.8 Å². The molecule has 0 saturated heterocycles. The van der Waals surface area contributed by atoms with Crippen LogP contribution in [0.25, 0.3) is 5.57 Å². The van der Waals surface area contributed by atoms with Crippen molar-refractivity contribution in [2.45, 2.75) is 38.5 Å². The van der Waals surface area contributed by atoms with Gasteiger partial charge in [-0.25, -0.2) is 0 Å². The van der Waals surface area contributed by atoms with E-state index in [4.69, 9.17) is 0 Å². The summed E-state index contributed by atoms with van der Waals surface area (Å²) in [6.45, 7) is 2.37. The first kappa shape index (κ1) is 8.28. The molecule has 14 heavy (non-hydrogen) atoms. The maximum absolute atomic E-state index is 2.37. The molecule has 2 aliphatic rings. The second-order valence-corrected chi connectivity index (χ2v) is 4.52. The highest BCUT2D eigenvalue weighted by Crippen LogP contribution is 2.47. The minimum atomic E-state index is 0.696. The van der Waals surface area contributed by atoms with Gasteiger partial charge in [-0.05, 0) is 42.4 Å². The van der Waals surface area contributed by atoms with E-state index in [1.807, 2.05) is 0 Å². The molecule has 0 radical (unpaired) electrons. The van der Waals surface area contributed by atoms with Gasteiger partial charge < -0.3 is 0 Å². The summed E-state index contributed by atoms with van der Waals surface area (Å²) >= 11 is 0. The van der Waals surface area contributed by atoms with E-state index in [0.717, 1.165) is 0 Å². The predicted molar refractivity (Wildman–Crippen MR) is 60.2 cm³/mol. The standard InChI is InChI=1S/C14H16/c1-10-11-6-2-4-8-13(11)14-9-5-3-7-12(10)14/h2,4,6,8,10H,3,5,7,9H2,1H3. The molecule has 1 aromatic carbocycles. The third kappa shape index (κ3) is 1.00. The zero-order chi connectivity index (χ0) is 9.54. The van der Waals surface area contributed by atoms with Crippen molar-refractivity contribution in [2.75, 3.05) is 0 Å². The van der Waals surface area contributed by atoms with Gasteiger partial charge >= 0.3 is 0 Å². The lowest BCUT2D eigenvalue weighted by atomic mass is 9.89. The summed E-state index contributed by atoms with van der Waals surface area (Å²) in [4.78, 5) is 0. The summed E-state index contributed by atoms with van der Waals surface area (Å²) in [5, 5.41) is 0. The summed E-state index contributed by atoms with van der Waals surface area (Å²) in [6.07, 6.45) is 5.44. The number of fused-ring (bicyclic) bond motifs is 2. The Bertz CT molecular complexity index is 398. The number of hydrogen-bond donors (Lipinski definition) is 0. The highest BCUT2D eigenvalue weighted by molar-refractivity contribution is 5.78. The highest BCUT2D eigenvalue weighted by Gasteiger charge is 2.28. The molecule has 3 rings (SSSR count). The first-order valence-corrected chi connectivity index (χ1v) is 5.69. The zero-order valence-electron chi connectivity index (χ0n) is 8.72. The van der Waals surface area contributed by atoms with Gasteiger partial charge in [0.25, 0.3) is 0 Å². The molecule has 72 valence electrons. The average molecular weight is 184 g/mol. The van der Waals surface area contributed by atoms with E-state index in [2.05, 4.69) is 31.2 Å². The summed E-state index contributed by atoms with van der Waals surface area (Å²) in [5.74, 6) is 0.696. The van der Waals surface area contributed by atoms with Crippen molar-refractivity contribution in [1.82, 2.24) is 0 Å². The second kappa shape index (κ2) is 2.98. The molecule has 1 atom stereocenters. The molecule has 0 aromatic heterocycles. The molecule has 1 unspecified atom stereocenters. The Hall–Kier alpha value is -1.04. The summed E-state index contributed by atoms with van der Waals surface area (Å²) in [5.41, 5.74) is 6.53. The van der Waals surface area contributed by atoms with E-state index < -0.39 is 0 Å². The Morgan fingerprint density at radius 3 is 2.79 bits per heavy atom. The van der Waals surface area contributed by atoms with Crippen molar-refractivity contribution >= 4 is 5.57 Å². The van der Waals surface area contributed by atoms with Crippen LogP contribution in [0.4, 0.5) is 0 Å². The van der Waals surface area contributed by atoms with Gasteiger partial charge in [0.15, 0.2) is 0 Å². The molecule has 0 heteroatoms. The summed E-state index contributed by atoms with van der Waals surface area (Å²) in [6, 6.07) is 8.96. The quantitative estimate of drug-likeness (QED) is 0.568. The molecule has 0 N–H and O–H groups in total. The van der Waals surface area contributed by atoms with E-state index in [0.29, 0.717) is 5.92 Å². The van der Waals surface area contributed by atoms with Crippen molar-refractivity contribution in [3.8, 4) is 0 Å². The van der Waals surface area contributed by atoms with E-state index in [1.54, 1.807) is 22.3 Å². The normalized spacial score (nSPS) is 24.8. The monoisotopic (exact) mass is 184 g/mol. The van der Waals surface area contributed by atoms with Crippen LogP contribution in [0.1, 0.15) is 49.7 Å². The number of rotatable bonds is 0. The first-order chi connectivity index (χ1) is 6.88. The molecule has 2 aliphatic carbocycles. The van der Waals surface area contributed by atoms with Gasteiger partial charge in [0.05, 0.1) is 0 Å². The van der Waals surface area contributed by atoms with Crippen molar-refractivity contribution < 1.29 is 0 Å². The largest absolute Gasteiger partial charge is 0.0619 e. The topological polar surface area (TPSA) is 0 Å². The third-order valence-corrected chi connectivity index (χ3v) is 3.79. The van der Waals surface area contributed by atoms with Crippen LogP contribution in [0.2, 0.25) is 0 Å². The predicted octanol–water partition coefficient (Wildman–Crippen LogP) is 4.13. The van der Waals surface area contributed by atoms with Crippen LogP contribution in [-0.4, -0.2) is 0 Å². The lowest BCUT2D eigenvalue weighted by molar-refractivity contribution is 0.685. The molecule has 0 bridgehead atoms. The molecule has 0 heterocycles. The fourth-order valence-electron chi connectivity index (χ4n) is 3.05. The summed E-state index contributed by atoms with van der Waals surface area (Å²) in [7, 11) is 0. The van der Waals surface area contributed by atoms with Crippen molar-refractivity contribution in [1.29, 1.82) is 0 Å². The van der Waals surface area contributed by atoms with Crippen LogP contribution in [0.5, 0.6) is 0 Å². The molecule has 0 nitrogen and oxygen atoms in total. The highest BCUT2D eigenvalue weighted by atomic mass is 14.3. The molecular formula is C14H16. The van der Waals surface area contributed by atoms with Gasteiger partial charge in [-0.1, -0.05) is 36.8 Å². The van der Waals surface area contributed by atoms with Crippen molar-refractivity contribution in [3.63, 3.8) is 0 Å². The lowest BCUT2D eigenvalue weighted by Crippen LogP contribution is -1.97. The van der Waals surface area contributed by atoms with E-state index in [9.17, 15) is 0 Å². The van der Waals surface area contributed by atoms with Crippen LogP contribution in [0, 0.1) is 0 Å². The maximum Gasteiger partial charge on any atom is 0.00318 e. The number of benzene rings is 1. The molecular weight excluding hydrogens is 168 g/mol. The van der Waals surface area contributed by atoms with Gasteiger partial charge in [-0.15, -0.1) is 0 Å². The lowest BCUT2D eigenvalue weighted by Gasteiger charge is -2.16. The first-order valence-electron chi connectivity index (χ1n) is 5.69. The Morgan fingerprint density at radius 2 is 1.86 bits per heavy atom. The zero-order valence-corrected chi connectivity index (χ0v) is 8.72. The van der Waals surface area contributed by atoms with Gasteiger partial charge in [0.2, 0.25) is 0 Å². The molecule has 1 aromatic rings. The molecule has 0 amide bonds. The van der Waals surface area contributed by atoms with Gasteiger partial charge in [0, 0.05) is 5.92 Å². The Kier molecular flexibility index (Phi) is 1.76. The van der Waals surface area contributed by atoms with Crippen LogP contribution >= 0.6 is 0 Å². The fraction of sp³-hybridized carbons (Fsp3) is 0.429. The third-order valence-electron chi connectivity index (χ3n) is 3.79. The second-order valence-electron chi connectivity index (χ2n) is 4.52.